The van der Waals surface area contributed by atoms with Gasteiger partial charge in [-0.3, -0.25) is 9.69 Å². The van der Waals surface area contributed by atoms with Crippen molar-refractivity contribution >= 4 is 21.7 Å². The summed E-state index contributed by atoms with van der Waals surface area (Å²) in [5, 5.41) is 8.27. The average Bonchev–Trinajstić information content (AvgIpc) is 3.03. The third-order valence-corrected chi connectivity index (χ3v) is 12.1. The Hall–Kier alpha value is -3.91. The lowest BCUT2D eigenvalue weighted by molar-refractivity contribution is -0.274. The highest BCUT2D eigenvalue weighted by Crippen LogP contribution is 2.60. The summed E-state index contributed by atoms with van der Waals surface area (Å²) in [6.45, 7) is 5.08. The van der Waals surface area contributed by atoms with Gasteiger partial charge in [0.15, 0.2) is 11.5 Å². The van der Waals surface area contributed by atoms with E-state index in [2.05, 4.69) is 24.6 Å². The number of piperazine rings is 1. The smallest absolute Gasteiger partial charge is 0.494 e. The van der Waals surface area contributed by atoms with Crippen molar-refractivity contribution in [2.75, 3.05) is 43.4 Å². The third kappa shape index (κ3) is 8.17. The second-order valence-electron chi connectivity index (χ2n) is 14.5. The van der Waals surface area contributed by atoms with E-state index in [0.29, 0.717) is 85.3 Å². The lowest BCUT2D eigenvalue weighted by Crippen LogP contribution is -2.51. The fourth-order valence-corrected chi connectivity index (χ4v) is 10.8. The summed E-state index contributed by atoms with van der Waals surface area (Å²) in [5.74, 6) is 1.92. The van der Waals surface area contributed by atoms with Crippen molar-refractivity contribution in [3.05, 3.63) is 65.9 Å². The maximum atomic E-state index is 13.2. The van der Waals surface area contributed by atoms with Gasteiger partial charge in [-0.15, -0.1) is 23.4 Å². The van der Waals surface area contributed by atoms with Crippen molar-refractivity contribution in [1.82, 2.24) is 19.8 Å². The molecule has 50 heavy (non-hydrogen) atoms. The first-order valence-electron chi connectivity index (χ1n) is 17.3. The minimum Gasteiger partial charge on any atom is -0.494 e. The molecule has 4 bridgehead atoms. The van der Waals surface area contributed by atoms with Gasteiger partial charge in [-0.25, -0.2) is 13.1 Å². The molecule has 4 aliphatic carbocycles. The molecule has 1 N–H and O–H groups in total. The molecular formula is C36H42F3N5O5S. The number of amides is 1. The molecule has 14 heteroatoms. The molecule has 2 heterocycles. The summed E-state index contributed by atoms with van der Waals surface area (Å²) in [7, 11) is -3.84. The Kier molecular flexibility index (Phi) is 9.44. The molecule has 1 saturated heterocycles. The highest BCUT2D eigenvalue weighted by atomic mass is 32.2. The fraction of sp³-hybridized carbons (Fsp3) is 0.528. The minimum absolute atomic E-state index is 0.0207. The predicted octanol–water partition coefficient (Wildman–Crippen LogP) is 6.04. The Balaban J connectivity index is 0.955. The predicted molar refractivity (Wildman–Crippen MR) is 181 cm³/mol. The van der Waals surface area contributed by atoms with Crippen LogP contribution in [0, 0.1) is 23.2 Å². The monoisotopic (exact) mass is 713 g/mol. The number of sulfonamides is 1. The molecule has 8 rings (SSSR count). The molecule has 268 valence electrons. The van der Waals surface area contributed by atoms with Gasteiger partial charge >= 0.3 is 6.36 Å². The molecule has 5 aliphatic rings. The summed E-state index contributed by atoms with van der Waals surface area (Å²) in [6, 6.07) is 15.0. The van der Waals surface area contributed by atoms with Gasteiger partial charge in [0.05, 0.1) is 12.4 Å². The normalized spacial score (nSPS) is 25.0. The van der Waals surface area contributed by atoms with E-state index < -0.39 is 22.3 Å². The summed E-state index contributed by atoms with van der Waals surface area (Å²) >= 11 is 0. The molecule has 4 saturated carbocycles. The largest absolute Gasteiger partial charge is 0.573 e. The van der Waals surface area contributed by atoms with E-state index in [1.54, 1.807) is 24.3 Å². The number of ether oxygens (including phenoxy) is 2. The Bertz CT molecular complexity index is 1780. The quantitative estimate of drug-likeness (QED) is 0.254. The summed E-state index contributed by atoms with van der Waals surface area (Å²) < 4.78 is 78.0. The van der Waals surface area contributed by atoms with Crippen LogP contribution in [-0.2, 0) is 16.6 Å². The van der Waals surface area contributed by atoms with E-state index in [4.69, 9.17) is 4.74 Å². The molecular weight excluding hydrogens is 671 g/mol. The molecule has 3 aromatic rings. The number of benzene rings is 2. The number of rotatable bonds is 11. The van der Waals surface area contributed by atoms with E-state index in [1.807, 2.05) is 24.0 Å². The van der Waals surface area contributed by atoms with Crippen molar-refractivity contribution in [3.8, 4) is 22.6 Å². The molecule has 1 aliphatic heterocycles. The number of anilines is 1. The SMILES string of the molecule is CCOc1cccc(-c2cc(CN3CCN(c4ccc(C(=O)NS(=O)(=O)CC56CC7CC(CC(C7)C5)C6)nn4)CC3)cc(OC(F)(F)F)c2)c1. The molecule has 10 nitrogen and oxygen atoms in total. The van der Waals surface area contributed by atoms with Crippen LogP contribution in [0.5, 0.6) is 11.5 Å². The summed E-state index contributed by atoms with van der Waals surface area (Å²) in [6.07, 6.45) is 1.60. The third-order valence-electron chi connectivity index (χ3n) is 10.6. The van der Waals surface area contributed by atoms with Crippen LogP contribution in [0.3, 0.4) is 0 Å². The van der Waals surface area contributed by atoms with Crippen LogP contribution >= 0.6 is 0 Å². The lowest BCUT2D eigenvalue weighted by Gasteiger charge is -2.56. The van der Waals surface area contributed by atoms with Crippen LogP contribution in [0.1, 0.15) is 61.5 Å². The van der Waals surface area contributed by atoms with E-state index in [-0.39, 0.29) is 22.6 Å². The average molecular weight is 714 g/mol. The van der Waals surface area contributed by atoms with Gasteiger partial charge in [0.25, 0.3) is 5.91 Å². The molecule has 0 atom stereocenters. The number of carbonyl (C=O) groups excluding carboxylic acids is 1. The van der Waals surface area contributed by atoms with Crippen LogP contribution in [0.4, 0.5) is 19.0 Å². The number of hydrogen-bond donors (Lipinski definition) is 1. The van der Waals surface area contributed by atoms with Crippen molar-refractivity contribution in [1.29, 1.82) is 0 Å². The number of aromatic nitrogens is 2. The van der Waals surface area contributed by atoms with Gasteiger partial charge in [0, 0.05) is 32.7 Å². The number of nitrogens with zero attached hydrogens (tertiary/aromatic N) is 4. The van der Waals surface area contributed by atoms with Crippen LogP contribution in [-0.4, -0.2) is 74.3 Å². The first-order chi connectivity index (χ1) is 23.8. The molecule has 5 fully saturated rings. The number of halogens is 3. The summed E-state index contributed by atoms with van der Waals surface area (Å²) in [5.41, 5.74) is 1.68. The van der Waals surface area contributed by atoms with Gasteiger partial charge in [-0.1, -0.05) is 12.1 Å². The molecule has 0 unspecified atom stereocenters. The second-order valence-corrected chi connectivity index (χ2v) is 16.2. The Morgan fingerprint density at radius 2 is 1.58 bits per heavy atom. The molecule has 2 aromatic carbocycles. The zero-order valence-corrected chi connectivity index (χ0v) is 28.8. The van der Waals surface area contributed by atoms with Crippen LogP contribution in [0.25, 0.3) is 11.1 Å². The van der Waals surface area contributed by atoms with Crippen LogP contribution in [0.2, 0.25) is 0 Å². The number of hydrogen-bond acceptors (Lipinski definition) is 9. The van der Waals surface area contributed by atoms with E-state index >= 15 is 0 Å². The zero-order chi connectivity index (χ0) is 35.1. The maximum Gasteiger partial charge on any atom is 0.573 e. The topological polar surface area (TPSA) is 114 Å². The molecule has 1 aromatic heterocycles. The van der Waals surface area contributed by atoms with Gasteiger partial charge in [0.1, 0.15) is 11.5 Å². The second kappa shape index (κ2) is 13.7. The van der Waals surface area contributed by atoms with Crippen LogP contribution < -0.4 is 19.1 Å². The highest BCUT2D eigenvalue weighted by molar-refractivity contribution is 7.90. The summed E-state index contributed by atoms with van der Waals surface area (Å²) in [4.78, 5) is 17.1. The van der Waals surface area contributed by atoms with Gasteiger partial charge < -0.3 is 14.4 Å². The van der Waals surface area contributed by atoms with Crippen molar-refractivity contribution in [2.24, 2.45) is 23.2 Å². The molecule has 1 amide bonds. The van der Waals surface area contributed by atoms with Gasteiger partial charge in [0.2, 0.25) is 10.0 Å². The van der Waals surface area contributed by atoms with Crippen molar-refractivity contribution in [3.63, 3.8) is 0 Å². The number of carbonyl (C=O) groups is 1. The lowest BCUT2D eigenvalue weighted by atomic mass is 9.50. The van der Waals surface area contributed by atoms with E-state index in [1.165, 1.54) is 37.5 Å². The Morgan fingerprint density at radius 1 is 0.900 bits per heavy atom. The highest BCUT2D eigenvalue weighted by Gasteiger charge is 2.52. The van der Waals surface area contributed by atoms with Gasteiger partial charge in [-0.2, -0.15) is 0 Å². The first-order valence-corrected chi connectivity index (χ1v) is 19.0. The van der Waals surface area contributed by atoms with Crippen LogP contribution in [0.15, 0.2) is 54.6 Å². The maximum absolute atomic E-state index is 13.2. The zero-order valence-electron chi connectivity index (χ0n) is 28.0. The Morgan fingerprint density at radius 3 is 2.20 bits per heavy atom. The number of alkyl halides is 3. The standard InChI is InChI=1S/C36H42F3N5O5S/c1-2-48-30-5-3-4-28(17-30)29-15-27(16-31(18-29)49-36(37,38)39)22-43-8-10-44(11-9-43)33-7-6-32(40-41-33)34(45)42-50(46,47)23-35-19-24-12-25(20-35)14-26(13-24)21-35/h3-7,15-18,24-26H,2,8-14,19-23H2,1H3,(H,42,45). The molecule has 0 spiro atoms. The fourth-order valence-electron chi connectivity index (χ4n) is 9.15. The number of nitrogens with one attached hydrogen (secondary N) is 1. The minimum atomic E-state index is -4.83. The first kappa shape index (κ1) is 34.5. The van der Waals surface area contributed by atoms with Gasteiger partial charge in [-0.05, 0) is 128 Å². The van der Waals surface area contributed by atoms with E-state index in [0.717, 1.165) is 19.3 Å². The van der Waals surface area contributed by atoms with Crippen molar-refractivity contribution in [2.45, 2.75) is 58.4 Å². The van der Waals surface area contributed by atoms with Crippen molar-refractivity contribution < 1.29 is 35.9 Å². The molecule has 0 radical (unpaired) electrons. The Labute approximate surface area is 290 Å². The van der Waals surface area contributed by atoms with E-state index in [9.17, 15) is 26.4 Å².